The molecule has 0 bridgehead atoms. The number of hydrogen-bond acceptors (Lipinski definition) is 7. The van der Waals surface area contributed by atoms with E-state index in [2.05, 4.69) is 22.1 Å². The molecule has 2 aliphatic rings. The van der Waals surface area contributed by atoms with Crippen molar-refractivity contribution in [1.29, 1.82) is 0 Å². The Bertz CT molecular complexity index is 1090. The molecule has 2 amide bonds. The number of ether oxygens (including phenoxy) is 3. The van der Waals surface area contributed by atoms with E-state index in [9.17, 15) is 14.7 Å². The first kappa shape index (κ1) is 20.7. The van der Waals surface area contributed by atoms with Gasteiger partial charge < -0.3 is 29.5 Å². The van der Waals surface area contributed by atoms with Crippen LogP contribution in [0.15, 0.2) is 36.5 Å². The second kappa shape index (κ2) is 8.26. The van der Waals surface area contributed by atoms with Gasteiger partial charge in [-0.15, -0.1) is 0 Å². The fourth-order valence-electron chi connectivity index (χ4n) is 3.13. The largest absolute Gasteiger partial charge is 0.497 e. The van der Waals surface area contributed by atoms with Gasteiger partial charge in [0.1, 0.15) is 29.8 Å². The predicted octanol–water partition coefficient (Wildman–Crippen LogP) is 0.357. The Morgan fingerprint density at radius 2 is 2.16 bits per heavy atom. The lowest BCUT2D eigenvalue weighted by Crippen LogP contribution is -2.49. The van der Waals surface area contributed by atoms with Gasteiger partial charge in [-0.05, 0) is 24.3 Å². The summed E-state index contributed by atoms with van der Waals surface area (Å²) >= 11 is 0. The average Bonchev–Trinajstić information content (AvgIpc) is 2.88. The fourth-order valence-corrected chi connectivity index (χ4v) is 3.13. The van der Waals surface area contributed by atoms with Gasteiger partial charge in [-0.3, -0.25) is 14.6 Å². The predicted molar refractivity (Wildman–Crippen MR) is 110 cm³/mol. The number of aliphatic hydroxyl groups is 1. The zero-order valence-electron chi connectivity index (χ0n) is 17.0. The molecule has 0 saturated carbocycles. The molecule has 1 aromatic carbocycles. The molecule has 1 aromatic heterocycles. The van der Waals surface area contributed by atoms with Gasteiger partial charge in [-0.1, -0.05) is 11.8 Å². The molecule has 2 aromatic rings. The summed E-state index contributed by atoms with van der Waals surface area (Å²) in [4.78, 5) is 31.0. The Kier molecular flexibility index (Phi) is 5.50. The number of nitrogens with one attached hydrogen (secondary N) is 1. The van der Waals surface area contributed by atoms with E-state index >= 15 is 0 Å². The maximum Gasteiger partial charge on any atom is 0.270 e. The van der Waals surface area contributed by atoms with Gasteiger partial charge in [0.25, 0.3) is 11.8 Å². The van der Waals surface area contributed by atoms with E-state index in [0.29, 0.717) is 22.7 Å². The number of nitrogens with zero attached hydrogens (tertiary/aromatic N) is 2. The molecule has 4 rings (SSSR count). The number of amides is 2. The normalized spacial score (nSPS) is 19.0. The average molecular weight is 423 g/mol. The molecule has 3 heterocycles. The first-order chi connectivity index (χ1) is 14.9. The minimum Gasteiger partial charge on any atom is -0.497 e. The van der Waals surface area contributed by atoms with Gasteiger partial charge in [0.05, 0.1) is 26.0 Å². The summed E-state index contributed by atoms with van der Waals surface area (Å²) in [6.07, 6.45) is 1.45. The van der Waals surface area contributed by atoms with Crippen molar-refractivity contribution in [1.82, 2.24) is 10.3 Å². The highest BCUT2D eigenvalue weighted by Gasteiger charge is 2.34. The van der Waals surface area contributed by atoms with Crippen molar-refractivity contribution in [2.75, 3.05) is 38.9 Å². The summed E-state index contributed by atoms with van der Waals surface area (Å²) in [6.45, 7) is 0.319. The van der Waals surface area contributed by atoms with Gasteiger partial charge >= 0.3 is 0 Å². The van der Waals surface area contributed by atoms with E-state index in [1.54, 1.807) is 31.3 Å². The number of rotatable bonds is 3. The molecule has 31 heavy (non-hydrogen) atoms. The van der Waals surface area contributed by atoms with Crippen molar-refractivity contribution < 1.29 is 28.9 Å². The molecule has 2 N–H and O–H groups in total. The number of carbonyl (C=O) groups is 2. The molecule has 1 saturated heterocycles. The topological polar surface area (TPSA) is 110 Å². The van der Waals surface area contributed by atoms with E-state index in [1.807, 2.05) is 0 Å². The molecule has 2 aliphatic heterocycles. The van der Waals surface area contributed by atoms with Crippen LogP contribution in [0.4, 0.5) is 5.69 Å². The van der Waals surface area contributed by atoms with E-state index in [1.165, 1.54) is 24.3 Å². The van der Waals surface area contributed by atoms with Crippen LogP contribution in [0.1, 0.15) is 16.1 Å². The number of anilines is 1. The Balaban J connectivity index is 1.51. The van der Waals surface area contributed by atoms with Crippen LogP contribution in [0.2, 0.25) is 0 Å². The third-order valence-corrected chi connectivity index (χ3v) is 4.98. The van der Waals surface area contributed by atoms with Crippen LogP contribution in [-0.2, 0) is 9.53 Å². The van der Waals surface area contributed by atoms with E-state index < -0.39 is 17.6 Å². The summed E-state index contributed by atoms with van der Waals surface area (Å²) in [5.41, 5.74) is 0.136. The molecule has 9 nitrogen and oxygen atoms in total. The Morgan fingerprint density at radius 1 is 1.35 bits per heavy atom. The fraction of sp³-hybridized carbons (Fsp3) is 0.318. The summed E-state index contributed by atoms with van der Waals surface area (Å²) < 4.78 is 15.9. The van der Waals surface area contributed by atoms with Crippen molar-refractivity contribution in [3.8, 4) is 23.3 Å². The summed E-state index contributed by atoms with van der Waals surface area (Å²) in [7, 11) is 3.09. The summed E-state index contributed by atoms with van der Waals surface area (Å²) in [5.74, 6) is 5.81. The standard InChI is InChI=1S/C22H21N3O6/c1-25-18-9-14(5-7-22(28)12-30-13-22)3-4-19(18)31-11-17(21(25)27)24-20(26)16-10-15(29-2)6-8-23-16/h3-4,6,8-10,17,28H,11-13H2,1-2H3,(H,24,26)/t17-/m1/s1. The zero-order valence-corrected chi connectivity index (χ0v) is 17.0. The number of likely N-dealkylation sites (N-methyl/N-ethyl adjacent to an activating group) is 1. The maximum atomic E-state index is 13.0. The van der Waals surface area contributed by atoms with Crippen LogP contribution in [-0.4, -0.2) is 67.5 Å². The summed E-state index contributed by atoms with van der Waals surface area (Å²) in [6, 6.07) is 7.36. The maximum absolute atomic E-state index is 13.0. The molecule has 1 atom stereocenters. The number of pyridine rings is 1. The minimum atomic E-state index is -1.13. The Morgan fingerprint density at radius 3 is 2.87 bits per heavy atom. The number of carbonyl (C=O) groups excluding carboxylic acids is 2. The van der Waals surface area contributed by atoms with Gasteiger partial charge in [0.2, 0.25) is 0 Å². The second-order valence-electron chi connectivity index (χ2n) is 7.27. The highest BCUT2D eigenvalue weighted by atomic mass is 16.5. The lowest BCUT2D eigenvalue weighted by molar-refractivity contribution is -0.140. The SMILES string of the molecule is COc1ccnc(C(=O)N[C@@H]2COc3ccc(C#CC4(O)COC4)cc3N(C)C2=O)c1. The molecular weight excluding hydrogens is 402 g/mol. The van der Waals surface area contributed by atoms with E-state index in [-0.39, 0.29) is 31.4 Å². The van der Waals surface area contributed by atoms with Crippen LogP contribution < -0.4 is 19.7 Å². The van der Waals surface area contributed by atoms with Crippen LogP contribution in [0.5, 0.6) is 11.5 Å². The Labute approximate surface area is 178 Å². The van der Waals surface area contributed by atoms with Crippen LogP contribution in [0, 0.1) is 11.8 Å². The van der Waals surface area contributed by atoms with Crippen LogP contribution >= 0.6 is 0 Å². The summed E-state index contributed by atoms with van der Waals surface area (Å²) in [5, 5.41) is 12.7. The van der Waals surface area contributed by atoms with Crippen molar-refractivity contribution >= 4 is 17.5 Å². The van der Waals surface area contributed by atoms with Crippen LogP contribution in [0.25, 0.3) is 0 Å². The van der Waals surface area contributed by atoms with Crippen molar-refractivity contribution in [2.24, 2.45) is 0 Å². The lowest BCUT2D eigenvalue weighted by atomic mass is 10.0. The first-order valence-electron chi connectivity index (χ1n) is 9.57. The highest BCUT2D eigenvalue weighted by molar-refractivity contribution is 6.03. The van der Waals surface area contributed by atoms with Crippen LogP contribution in [0.3, 0.4) is 0 Å². The van der Waals surface area contributed by atoms with Gasteiger partial charge in [-0.25, -0.2) is 0 Å². The first-order valence-corrected chi connectivity index (χ1v) is 9.57. The number of aromatic nitrogens is 1. The van der Waals surface area contributed by atoms with E-state index in [4.69, 9.17) is 14.2 Å². The van der Waals surface area contributed by atoms with E-state index in [0.717, 1.165) is 0 Å². The monoisotopic (exact) mass is 423 g/mol. The number of hydrogen-bond donors (Lipinski definition) is 2. The molecular formula is C22H21N3O6. The van der Waals surface area contributed by atoms with Crippen molar-refractivity contribution in [3.63, 3.8) is 0 Å². The van der Waals surface area contributed by atoms with Crippen molar-refractivity contribution in [3.05, 3.63) is 47.8 Å². The number of methoxy groups -OCH3 is 1. The second-order valence-corrected chi connectivity index (χ2v) is 7.27. The molecule has 0 aliphatic carbocycles. The van der Waals surface area contributed by atoms with Crippen molar-refractivity contribution in [2.45, 2.75) is 11.6 Å². The minimum absolute atomic E-state index is 0.0337. The third kappa shape index (κ3) is 4.30. The number of fused-ring (bicyclic) bond motifs is 1. The van der Waals surface area contributed by atoms with Gasteiger partial charge in [0, 0.05) is 24.9 Å². The smallest absolute Gasteiger partial charge is 0.270 e. The van der Waals surface area contributed by atoms with Gasteiger partial charge in [-0.2, -0.15) is 0 Å². The molecule has 0 unspecified atom stereocenters. The lowest BCUT2D eigenvalue weighted by Gasteiger charge is -2.30. The molecule has 9 heteroatoms. The molecule has 160 valence electrons. The Hall–Kier alpha value is -3.61. The quantitative estimate of drug-likeness (QED) is 0.686. The molecule has 0 spiro atoms. The third-order valence-electron chi connectivity index (χ3n) is 4.98. The zero-order chi connectivity index (χ0) is 22.0. The molecule has 0 radical (unpaired) electrons. The van der Waals surface area contributed by atoms with Gasteiger partial charge in [0.15, 0.2) is 5.60 Å². The highest BCUT2D eigenvalue weighted by Crippen LogP contribution is 2.31. The molecule has 1 fully saturated rings. The number of benzene rings is 1.